The van der Waals surface area contributed by atoms with Crippen LogP contribution in [-0.4, -0.2) is 114 Å². The summed E-state index contributed by atoms with van der Waals surface area (Å²) in [6, 6.07) is 9.66. The number of anilines is 2. The van der Waals surface area contributed by atoms with Gasteiger partial charge in [-0.05, 0) is 70.5 Å². The Labute approximate surface area is 362 Å². The lowest BCUT2D eigenvalue weighted by Crippen LogP contribution is -2.43. The normalized spacial score (nSPS) is 13.2. The SMILES string of the molecule is CCn1nc(C)cc1C(=O)Nc1nc2cc(C(N)=O)cc(OC)c2n1C/C=C/Cn1c(NC(=O)c2cc(C)nn2CC)nc2cc(C(=O)NN)cc(OCCCN3CCNCC3)c21. The molecule has 63 heavy (non-hydrogen) atoms. The molecule has 0 saturated carbocycles. The van der Waals surface area contributed by atoms with Gasteiger partial charge in [0, 0.05) is 70.0 Å². The van der Waals surface area contributed by atoms with Crippen LogP contribution in [0.15, 0.2) is 48.6 Å². The molecule has 0 bridgehead atoms. The molecular weight excluding hydrogens is 811 g/mol. The number of rotatable bonds is 18. The van der Waals surface area contributed by atoms with E-state index in [-0.39, 0.29) is 36.1 Å². The number of aromatic nitrogens is 8. The van der Waals surface area contributed by atoms with Gasteiger partial charge in [0.25, 0.3) is 17.7 Å². The second-order valence-electron chi connectivity index (χ2n) is 15.0. The molecule has 0 radical (unpaired) electrons. The van der Waals surface area contributed by atoms with Gasteiger partial charge in [0.15, 0.2) is 0 Å². The summed E-state index contributed by atoms with van der Waals surface area (Å²) >= 11 is 0. The maximum Gasteiger partial charge on any atom is 0.276 e. The zero-order valence-electron chi connectivity index (χ0n) is 36.0. The van der Waals surface area contributed by atoms with Crippen molar-refractivity contribution in [3.63, 3.8) is 0 Å². The molecule has 1 aliphatic heterocycles. The van der Waals surface area contributed by atoms with E-state index in [0.29, 0.717) is 76.0 Å². The summed E-state index contributed by atoms with van der Waals surface area (Å²) in [5.74, 6) is 4.58. The number of aryl methyl sites for hydroxylation is 4. The second kappa shape index (κ2) is 19.3. The maximum atomic E-state index is 13.9. The third kappa shape index (κ3) is 9.54. The average Bonchev–Trinajstić information content (AvgIpc) is 4.05. The molecule has 1 aliphatic rings. The Kier molecular flexibility index (Phi) is 13.5. The number of primary amides is 1. The molecular formula is C42H53N15O6. The first-order valence-electron chi connectivity index (χ1n) is 20.8. The predicted molar refractivity (Wildman–Crippen MR) is 236 cm³/mol. The van der Waals surface area contributed by atoms with Crippen LogP contribution in [0.3, 0.4) is 0 Å². The monoisotopic (exact) mass is 863 g/mol. The summed E-state index contributed by atoms with van der Waals surface area (Å²) in [4.78, 5) is 64.6. The summed E-state index contributed by atoms with van der Waals surface area (Å²) in [5, 5.41) is 18.1. The first-order valence-corrected chi connectivity index (χ1v) is 20.8. The number of nitrogens with zero attached hydrogens (tertiary/aromatic N) is 9. The molecule has 21 nitrogen and oxygen atoms in total. The molecule has 0 spiro atoms. The Morgan fingerprint density at radius 3 is 1.79 bits per heavy atom. The van der Waals surface area contributed by atoms with Crippen LogP contribution in [0, 0.1) is 13.8 Å². The molecule has 0 unspecified atom stereocenters. The second-order valence-corrected chi connectivity index (χ2v) is 15.0. The van der Waals surface area contributed by atoms with E-state index in [9.17, 15) is 19.2 Å². The Morgan fingerprint density at radius 2 is 1.29 bits per heavy atom. The van der Waals surface area contributed by atoms with Crippen LogP contribution in [0.5, 0.6) is 11.5 Å². The fourth-order valence-corrected chi connectivity index (χ4v) is 7.66. The number of piperazine rings is 1. The number of nitrogens with one attached hydrogen (secondary N) is 4. The number of amides is 4. The van der Waals surface area contributed by atoms with Crippen LogP contribution >= 0.6 is 0 Å². The smallest absolute Gasteiger partial charge is 0.276 e. The van der Waals surface area contributed by atoms with E-state index < -0.39 is 23.6 Å². The minimum absolute atomic E-state index is 0.171. The lowest BCUT2D eigenvalue weighted by atomic mass is 10.1. The Bertz CT molecular complexity index is 2700. The van der Waals surface area contributed by atoms with Crippen molar-refractivity contribution >= 4 is 57.6 Å². The number of allylic oxidation sites excluding steroid dienone is 2. The number of ether oxygens (including phenoxy) is 2. The zero-order chi connectivity index (χ0) is 44.8. The number of carbonyl (C=O) groups excluding carboxylic acids is 4. The number of fused-ring (bicyclic) bond motifs is 2. The molecule has 6 aromatic rings. The lowest BCUT2D eigenvalue weighted by molar-refractivity contribution is 0.0950. The Hall–Kier alpha value is -7.10. The highest BCUT2D eigenvalue weighted by molar-refractivity contribution is 6.05. The van der Waals surface area contributed by atoms with Crippen molar-refractivity contribution in [3.8, 4) is 11.5 Å². The average molecular weight is 864 g/mol. The van der Waals surface area contributed by atoms with Gasteiger partial charge in [-0.3, -0.25) is 44.6 Å². The standard InChI is InChI=1S/C42H53N15O6/c1-6-56-31(19-25(3)51-56)39(60)48-41-46-29-21-27(37(43)58)23-33(62-5)35(29)54(41)14-8-9-15-55-36-30(47-42(55)49-40(61)32-20-26(4)52-57(32)7-2)22-28(38(59)50-44)24-34(36)63-18-10-13-53-16-11-45-12-17-53/h8-9,19-24,45H,6-7,10-18,44H2,1-5H3,(H2,43,58)(H,50,59)(H,46,48,60)(H,47,49,61)/b9-8+. The quantitative estimate of drug-likeness (QED) is 0.0239. The summed E-state index contributed by atoms with van der Waals surface area (Å²) in [7, 11) is 1.47. The molecule has 4 aromatic heterocycles. The van der Waals surface area contributed by atoms with Crippen molar-refractivity contribution in [3.05, 3.63) is 82.5 Å². The van der Waals surface area contributed by atoms with Crippen LogP contribution in [0.25, 0.3) is 22.1 Å². The van der Waals surface area contributed by atoms with Crippen molar-refractivity contribution in [2.24, 2.45) is 11.6 Å². The first kappa shape index (κ1) is 44.0. The van der Waals surface area contributed by atoms with Crippen LogP contribution in [-0.2, 0) is 26.2 Å². The minimum Gasteiger partial charge on any atom is -0.494 e. The number of nitrogens with two attached hydrogens (primary N) is 2. The molecule has 0 aliphatic carbocycles. The van der Waals surface area contributed by atoms with E-state index in [4.69, 9.17) is 31.0 Å². The highest BCUT2D eigenvalue weighted by Crippen LogP contribution is 2.33. The van der Waals surface area contributed by atoms with Gasteiger partial charge in [-0.2, -0.15) is 10.2 Å². The molecule has 2 aromatic carbocycles. The Balaban J connectivity index is 1.26. The number of hydrogen-bond donors (Lipinski definition) is 6. The van der Waals surface area contributed by atoms with Crippen molar-refractivity contribution in [2.45, 2.75) is 60.3 Å². The molecule has 7 rings (SSSR count). The van der Waals surface area contributed by atoms with Gasteiger partial charge >= 0.3 is 0 Å². The molecule has 21 heteroatoms. The van der Waals surface area contributed by atoms with Gasteiger partial charge in [0.05, 0.1) is 36.1 Å². The number of hydrazine groups is 1. The largest absolute Gasteiger partial charge is 0.494 e. The van der Waals surface area contributed by atoms with E-state index in [0.717, 1.165) is 39.1 Å². The summed E-state index contributed by atoms with van der Waals surface area (Å²) in [6.45, 7) is 13.6. The third-order valence-electron chi connectivity index (χ3n) is 10.7. The molecule has 0 atom stereocenters. The van der Waals surface area contributed by atoms with Crippen molar-refractivity contribution in [1.29, 1.82) is 0 Å². The number of nitrogen functional groups attached to an aromatic ring is 1. The van der Waals surface area contributed by atoms with Crippen molar-refractivity contribution < 1.29 is 28.7 Å². The van der Waals surface area contributed by atoms with Gasteiger partial charge < -0.3 is 34.6 Å². The van der Waals surface area contributed by atoms with E-state index >= 15 is 0 Å². The van der Waals surface area contributed by atoms with Crippen LogP contribution in [0.4, 0.5) is 11.9 Å². The molecule has 5 heterocycles. The fourth-order valence-electron chi connectivity index (χ4n) is 7.66. The zero-order valence-corrected chi connectivity index (χ0v) is 36.0. The summed E-state index contributed by atoms with van der Waals surface area (Å²) in [6.07, 6.45) is 4.45. The van der Waals surface area contributed by atoms with Crippen LogP contribution in [0.2, 0.25) is 0 Å². The molecule has 8 N–H and O–H groups in total. The van der Waals surface area contributed by atoms with Crippen LogP contribution in [0.1, 0.15) is 73.3 Å². The first-order chi connectivity index (χ1) is 30.4. The third-order valence-corrected chi connectivity index (χ3v) is 10.7. The predicted octanol–water partition coefficient (Wildman–Crippen LogP) is 2.58. The van der Waals surface area contributed by atoms with Crippen LogP contribution < -0.4 is 42.4 Å². The van der Waals surface area contributed by atoms with E-state index in [1.54, 1.807) is 55.8 Å². The number of imidazole rings is 2. The fraction of sp³-hybridized carbons (Fsp3) is 0.381. The van der Waals surface area contributed by atoms with Crippen molar-refractivity contribution in [2.75, 3.05) is 57.1 Å². The number of benzene rings is 2. The maximum absolute atomic E-state index is 13.9. The summed E-state index contributed by atoms with van der Waals surface area (Å²) < 4.78 is 18.9. The van der Waals surface area contributed by atoms with E-state index in [2.05, 4.69) is 36.5 Å². The van der Waals surface area contributed by atoms with Gasteiger partial charge in [-0.15, -0.1) is 0 Å². The molecule has 1 saturated heterocycles. The van der Waals surface area contributed by atoms with E-state index in [1.165, 1.54) is 13.2 Å². The molecule has 1 fully saturated rings. The topological polar surface area (TPSA) is 261 Å². The number of hydrogen-bond acceptors (Lipinski definition) is 13. The summed E-state index contributed by atoms with van der Waals surface area (Å²) in [5.41, 5.74) is 12.1. The van der Waals surface area contributed by atoms with Gasteiger partial charge in [0.1, 0.15) is 33.9 Å². The van der Waals surface area contributed by atoms with Gasteiger partial charge in [-0.25, -0.2) is 15.8 Å². The number of methoxy groups -OCH3 is 1. The minimum atomic E-state index is -0.666. The molecule has 4 amide bonds. The molecule has 332 valence electrons. The van der Waals surface area contributed by atoms with Gasteiger partial charge in [-0.1, -0.05) is 12.2 Å². The lowest BCUT2D eigenvalue weighted by Gasteiger charge is -2.27. The van der Waals surface area contributed by atoms with Crippen molar-refractivity contribution in [1.82, 2.24) is 54.3 Å². The van der Waals surface area contributed by atoms with Gasteiger partial charge in [0.2, 0.25) is 17.8 Å². The highest BCUT2D eigenvalue weighted by Gasteiger charge is 2.24. The Morgan fingerprint density at radius 1 is 0.762 bits per heavy atom. The number of carbonyl (C=O) groups is 4. The van der Waals surface area contributed by atoms with E-state index in [1.807, 2.05) is 32.9 Å². The highest BCUT2D eigenvalue weighted by atomic mass is 16.5.